The highest BCUT2D eigenvalue weighted by molar-refractivity contribution is 6.30. The molecule has 1 aliphatic carbocycles. The summed E-state index contributed by atoms with van der Waals surface area (Å²) in [6.07, 6.45) is 1.97. The molecule has 1 aliphatic rings. The van der Waals surface area contributed by atoms with E-state index in [4.69, 9.17) is 16.3 Å². The van der Waals surface area contributed by atoms with E-state index in [1.807, 2.05) is 0 Å². The number of hydrogen-bond acceptors (Lipinski definition) is 7. The maximum absolute atomic E-state index is 14.7. The third-order valence-corrected chi connectivity index (χ3v) is 6.44. The number of carbonyl (C=O) groups excluding carboxylic acids is 1. The minimum Gasteiger partial charge on any atom is -0.387 e. The minimum absolute atomic E-state index is 0.0198. The smallest absolute Gasteiger partial charge is 0.275 e. The van der Waals surface area contributed by atoms with Gasteiger partial charge in [-0.3, -0.25) is 9.78 Å². The first kappa shape index (κ1) is 28.1. The summed E-state index contributed by atoms with van der Waals surface area (Å²) in [6, 6.07) is 0.835. The number of pyridine rings is 1. The van der Waals surface area contributed by atoms with E-state index < -0.39 is 48.7 Å². The van der Waals surface area contributed by atoms with Crippen LogP contribution in [0.2, 0.25) is 5.02 Å². The molecule has 0 saturated heterocycles. The number of halogens is 4. The van der Waals surface area contributed by atoms with Crippen molar-refractivity contribution in [1.82, 2.24) is 24.9 Å². The molecule has 3 aromatic rings. The normalized spacial score (nSPS) is 20.2. The molecule has 13 heteroatoms. The van der Waals surface area contributed by atoms with Gasteiger partial charge in [0.25, 0.3) is 11.8 Å². The molecule has 3 aromatic heterocycles. The van der Waals surface area contributed by atoms with Crippen LogP contribution in [0.3, 0.4) is 0 Å². The third kappa shape index (κ3) is 6.19. The minimum atomic E-state index is -3.06. The van der Waals surface area contributed by atoms with E-state index in [-0.39, 0.29) is 23.8 Å². The van der Waals surface area contributed by atoms with Crippen molar-refractivity contribution >= 4 is 28.8 Å². The number of fused-ring (bicyclic) bond motifs is 1. The second kappa shape index (κ2) is 10.7. The Morgan fingerprint density at radius 2 is 2.05 bits per heavy atom. The van der Waals surface area contributed by atoms with Crippen molar-refractivity contribution in [2.45, 2.75) is 76.5 Å². The molecule has 0 radical (unpaired) electrons. The Morgan fingerprint density at radius 1 is 1.32 bits per heavy atom. The van der Waals surface area contributed by atoms with Gasteiger partial charge in [-0.05, 0) is 40.2 Å². The fourth-order valence-corrected chi connectivity index (χ4v) is 4.39. The summed E-state index contributed by atoms with van der Waals surface area (Å²) in [5.74, 6) is -3.73. The van der Waals surface area contributed by atoms with E-state index in [0.29, 0.717) is 21.9 Å². The van der Waals surface area contributed by atoms with Crippen molar-refractivity contribution in [1.29, 1.82) is 0 Å². The molecular weight excluding hydrogens is 525 g/mol. The summed E-state index contributed by atoms with van der Waals surface area (Å²) in [5, 5.41) is 19.9. The van der Waals surface area contributed by atoms with Crippen LogP contribution in [-0.2, 0) is 4.74 Å². The fraction of sp³-hybridized carbons (Fsp3) is 0.520. The molecule has 4 rings (SSSR count). The highest BCUT2D eigenvalue weighted by Gasteiger charge is 2.50. The number of nitrogens with one attached hydrogen (secondary N) is 2. The Balaban J connectivity index is 1.66. The van der Waals surface area contributed by atoms with Crippen molar-refractivity contribution in [3.8, 4) is 11.3 Å². The first-order valence-electron chi connectivity index (χ1n) is 12.2. The largest absolute Gasteiger partial charge is 0.387 e. The van der Waals surface area contributed by atoms with Gasteiger partial charge in [0, 0.05) is 24.9 Å². The number of anilines is 1. The molecular formula is C25H30ClF3N6O3. The van der Waals surface area contributed by atoms with Crippen LogP contribution >= 0.6 is 11.6 Å². The maximum Gasteiger partial charge on any atom is 0.275 e. The van der Waals surface area contributed by atoms with E-state index in [0.717, 1.165) is 0 Å². The summed E-state index contributed by atoms with van der Waals surface area (Å²) in [7, 11) is 0. The average molecular weight is 555 g/mol. The highest BCUT2D eigenvalue weighted by Crippen LogP contribution is 2.40. The van der Waals surface area contributed by atoms with Crippen LogP contribution in [0.5, 0.6) is 0 Å². The van der Waals surface area contributed by atoms with Crippen molar-refractivity contribution in [3.63, 3.8) is 0 Å². The molecule has 3 N–H and O–H groups in total. The lowest BCUT2D eigenvalue weighted by atomic mass is 10.0. The standard InChI is InChI=1S/C25H30ClF3N6O3/c1-13(2)38-21-5-15(7-25(21,28)29)34-19-6-18(16-10-33-35-12-14(26)8-31-22(16)35)30-9-17(19)23(36)32-11-20(27)24(3,4)37/h6,8-10,12-13,15,20-21,37H,5,7,11H2,1-4H3,(H,30,34)(H,32,36)/t15?,20-,21?/m1/s1. The maximum atomic E-state index is 14.7. The molecule has 2 unspecified atom stereocenters. The van der Waals surface area contributed by atoms with Gasteiger partial charge in [-0.25, -0.2) is 22.7 Å². The number of aliphatic hydroxyl groups is 1. The molecule has 0 aromatic carbocycles. The predicted octanol–water partition coefficient (Wildman–Crippen LogP) is 4.29. The number of ether oxygens (including phenoxy) is 1. The molecule has 9 nitrogen and oxygen atoms in total. The first-order chi connectivity index (χ1) is 17.7. The number of rotatable bonds is 9. The molecule has 38 heavy (non-hydrogen) atoms. The van der Waals surface area contributed by atoms with Gasteiger partial charge in [0.2, 0.25) is 0 Å². The van der Waals surface area contributed by atoms with E-state index in [2.05, 4.69) is 25.7 Å². The Bertz CT molecular complexity index is 1310. The summed E-state index contributed by atoms with van der Waals surface area (Å²) >= 11 is 5.99. The van der Waals surface area contributed by atoms with E-state index in [9.17, 15) is 23.1 Å². The van der Waals surface area contributed by atoms with Gasteiger partial charge < -0.3 is 20.5 Å². The number of carbonyl (C=O) groups is 1. The van der Waals surface area contributed by atoms with Crippen LogP contribution in [0.25, 0.3) is 16.9 Å². The first-order valence-corrected chi connectivity index (χ1v) is 12.6. The van der Waals surface area contributed by atoms with Gasteiger partial charge in [0.05, 0.1) is 58.2 Å². The van der Waals surface area contributed by atoms with Crippen molar-refractivity contribution in [3.05, 3.63) is 41.4 Å². The highest BCUT2D eigenvalue weighted by atomic mass is 35.5. The molecule has 1 saturated carbocycles. The molecule has 3 heterocycles. The Kier molecular flexibility index (Phi) is 7.87. The molecule has 1 fully saturated rings. The zero-order valence-corrected chi connectivity index (χ0v) is 22.1. The number of alkyl halides is 3. The van der Waals surface area contributed by atoms with Crippen LogP contribution in [-0.4, -0.2) is 73.1 Å². The fourth-order valence-electron chi connectivity index (χ4n) is 4.25. The van der Waals surface area contributed by atoms with Gasteiger partial charge in [-0.2, -0.15) is 5.10 Å². The second-order valence-electron chi connectivity index (χ2n) is 10.3. The summed E-state index contributed by atoms with van der Waals surface area (Å²) < 4.78 is 50.5. The third-order valence-electron chi connectivity index (χ3n) is 6.24. The average Bonchev–Trinajstić information content (AvgIpc) is 3.35. The second-order valence-corrected chi connectivity index (χ2v) is 10.7. The van der Waals surface area contributed by atoms with Gasteiger partial charge in [0.15, 0.2) is 5.65 Å². The zero-order valence-electron chi connectivity index (χ0n) is 21.4. The molecule has 206 valence electrons. The van der Waals surface area contributed by atoms with Crippen LogP contribution in [0.1, 0.15) is 50.9 Å². The lowest BCUT2D eigenvalue weighted by Crippen LogP contribution is -2.42. The Morgan fingerprint density at radius 3 is 2.74 bits per heavy atom. The summed E-state index contributed by atoms with van der Waals surface area (Å²) in [4.78, 5) is 21.6. The van der Waals surface area contributed by atoms with Gasteiger partial charge in [-0.15, -0.1) is 0 Å². The van der Waals surface area contributed by atoms with E-state index >= 15 is 0 Å². The monoisotopic (exact) mass is 554 g/mol. The van der Waals surface area contributed by atoms with Gasteiger partial charge in [-0.1, -0.05) is 11.6 Å². The molecule has 0 spiro atoms. The van der Waals surface area contributed by atoms with E-state index in [1.165, 1.54) is 37.0 Å². The molecule has 3 atom stereocenters. The summed E-state index contributed by atoms with van der Waals surface area (Å²) in [5.41, 5.74) is -0.0373. The van der Waals surface area contributed by atoms with Gasteiger partial charge >= 0.3 is 0 Å². The SMILES string of the molecule is CC(C)OC1CC(Nc2cc(-c3cnn4cc(Cl)cnc34)ncc2C(=O)NC[C@@H](F)C(C)(C)O)CC1(F)F. The lowest BCUT2D eigenvalue weighted by Gasteiger charge is -2.23. The van der Waals surface area contributed by atoms with Crippen molar-refractivity contribution in [2.75, 3.05) is 11.9 Å². The molecule has 1 amide bonds. The number of hydrogen-bond donors (Lipinski definition) is 3. The van der Waals surface area contributed by atoms with Crippen LogP contribution in [0.4, 0.5) is 18.9 Å². The van der Waals surface area contributed by atoms with Gasteiger partial charge in [0.1, 0.15) is 12.3 Å². The Labute approximate surface area is 222 Å². The topological polar surface area (TPSA) is 114 Å². The predicted molar refractivity (Wildman–Crippen MR) is 136 cm³/mol. The summed E-state index contributed by atoms with van der Waals surface area (Å²) in [6.45, 7) is 5.52. The number of aromatic nitrogens is 4. The quantitative estimate of drug-likeness (QED) is 0.362. The number of amides is 1. The van der Waals surface area contributed by atoms with Crippen LogP contribution in [0.15, 0.2) is 30.9 Å². The zero-order chi connectivity index (χ0) is 27.8. The van der Waals surface area contributed by atoms with Crippen molar-refractivity contribution < 1.29 is 27.8 Å². The lowest BCUT2D eigenvalue weighted by molar-refractivity contribution is -0.133. The molecule has 0 aliphatic heterocycles. The number of nitrogens with zero attached hydrogens (tertiary/aromatic N) is 4. The van der Waals surface area contributed by atoms with Crippen LogP contribution in [0, 0.1) is 0 Å². The Hall–Kier alpha value is -2.96. The van der Waals surface area contributed by atoms with Crippen LogP contribution < -0.4 is 10.6 Å². The van der Waals surface area contributed by atoms with E-state index in [1.54, 1.807) is 26.1 Å². The molecule has 0 bridgehead atoms. The van der Waals surface area contributed by atoms with Crippen molar-refractivity contribution in [2.24, 2.45) is 0 Å².